The number of nitrogens with two attached hydrogens (primary N) is 1. The predicted molar refractivity (Wildman–Crippen MR) is 75.0 cm³/mol. The van der Waals surface area contributed by atoms with Crippen molar-refractivity contribution in [3.8, 4) is 0 Å². The number of hydrogen-bond donors (Lipinski definition) is 2. The Hall–Kier alpha value is -0.770. The van der Waals surface area contributed by atoms with Gasteiger partial charge in [0.05, 0.1) is 6.04 Å². The van der Waals surface area contributed by atoms with Crippen LogP contribution in [0.2, 0.25) is 5.02 Å². The third kappa shape index (κ3) is 4.94. The molecule has 0 heterocycles. The highest BCUT2D eigenvalue weighted by molar-refractivity contribution is 6.31. The number of nitrogens with one attached hydrogen (secondary N) is 1. The molecule has 5 heteroatoms. The molecule has 1 aromatic rings. The van der Waals surface area contributed by atoms with Crippen molar-refractivity contribution < 1.29 is 4.79 Å². The van der Waals surface area contributed by atoms with E-state index in [-0.39, 0.29) is 18.3 Å². The predicted octanol–water partition coefficient (Wildman–Crippen LogP) is 3.14. The van der Waals surface area contributed by atoms with Gasteiger partial charge in [0.2, 0.25) is 5.91 Å². The summed E-state index contributed by atoms with van der Waals surface area (Å²) in [7, 11) is 0. The zero-order valence-electron chi connectivity index (χ0n) is 10.00. The van der Waals surface area contributed by atoms with E-state index in [9.17, 15) is 4.79 Å². The van der Waals surface area contributed by atoms with E-state index < -0.39 is 6.04 Å². The summed E-state index contributed by atoms with van der Waals surface area (Å²) >= 11 is 5.96. The third-order valence-corrected chi connectivity index (χ3v) is 2.78. The number of carbonyl (C=O) groups excluding carboxylic acids is 1. The fourth-order valence-electron chi connectivity index (χ4n) is 1.35. The maximum atomic E-state index is 11.6. The van der Waals surface area contributed by atoms with Gasteiger partial charge in [0, 0.05) is 10.7 Å². The van der Waals surface area contributed by atoms with E-state index in [1.807, 2.05) is 26.0 Å². The number of rotatable bonds is 4. The van der Waals surface area contributed by atoms with Crippen molar-refractivity contribution in [1.29, 1.82) is 0 Å². The first kappa shape index (κ1) is 16.2. The maximum Gasteiger partial charge on any atom is 0.241 e. The summed E-state index contributed by atoms with van der Waals surface area (Å²) in [6.07, 6.45) is 1.58. The minimum atomic E-state index is -0.454. The zero-order valence-corrected chi connectivity index (χ0v) is 11.6. The lowest BCUT2D eigenvalue weighted by Crippen LogP contribution is -2.35. The van der Waals surface area contributed by atoms with E-state index in [2.05, 4.69) is 5.32 Å². The number of benzene rings is 1. The smallest absolute Gasteiger partial charge is 0.241 e. The highest BCUT2D eigenvalue weighted by atomic mass is 35.5. The number of halogens is 2. The van der Waals surface area contributed by atoms with Gasteiger partial charge in [-0.25, -0.2) is 0 Å². The van der Waals surface area contributed by atoms with E-state index in [1.54, 1.807) is 6.07 Å². The molecule has 0 aliphatic rings. The van der Waals surface area contributed by atoms with Crippen LogP contribution in [0.15, 0.2) is 18.2 Å². The number of amides is 1. The Kier molecular flexibility index (Phi) is 7.19. The lowest BCUT2D eigenvalue weighted by Gasteiger charge is -2.11. The number of anilines is 1. The molecule has 0 saturated carbocycles. The Morgan fingerprint density at radius 1 is 1.53 bits per heavy atom. The molecule has 0 spiro atoms. The van der Waals surface area contributed by atoms with E-state index >= 15 is 0 Å². The summed E-state index contributed by atoms with van der Waals surface area (Å²) in [5.74, 6) is -0.165. The molecule has 0 radical (unpaired) electrons. The average Bonchev–Trinajstić information content (AvgIpc) is 2.24. The number of carbonyl (C=O) groups is 1. The Bertz CT molecular complexity index is 383. The van der Waals surface area contributed by atoms with Crippen LogP contribution in [0.1, 0.15) is 25.3 Å². The standard InChI is InChI=1S/C12H17ClN2O.ClH/c1-3-4-11(14)12(16)15-9-6-5-8(2)10(13)7-9;/h5-7,11H,3-4,14H2,1-2H3,(H,15,16);1H. The molecule has 0 aliphatic heterocycles. The van der Waals surface area contributed by atoms with Gasteiger partial charge in [-0.2, -0.15) is 0 Å². The molecule has 0 aliphatic carbocycles. The fourth-order valence-corrected chi connectivity index (χ4v) is 1.53. The van der Waals surface area contributed by atoms with Gasteiger partial charge < -0.3 is 11.1 Å². The highest BCUT2D eigenvalue weighted by Crippen LogP contribution is 2.20. The van der Waals surface area contributed by atoms with Crippen molar-refractivity contribution in [3.05, 3.63) is 28.8 Å². The summed E-state index contributed by atoms with van der Waals surface area (Å²) < 4.78 is 0. The van der Waals surface area contributed by atoms with E-state index in [1.165, 1.54) is 0 Å². The van der Waals surface area contributed by atoms with Crippen molar-refractivity contribution in [2.24, 2.45) is 5.73 Å². The molecule has 3 N–H and O–H groups in total. The van der Waals surface area contributed by atoms with Crippen LogP contribution in [0.5, 0.6) is 0 Å². The average molecular weight is 277 g/mol. The molecule has 0 bridgehead atoms. The SMILES string of the molecule is CCCC(N)C(=O)Nc1ccc(C)c(Cl)c1.Cl. The van der Waals surface area contributed by atoms with Crippen molar-refractivity contribution in [2.75, 3.05) is 5.32 Å². The first-order valence-corrected chi connectivity index (χ1v) is 5.75. The van der Waals surface area contributed by atoms with Gasteiger partial charge in [0.1, 0.15) is 0 Å². The van der Waals surface area contributed by atoms with E-state index in [0.717, 1.165) is 12.0 Å². The molecule has 1 amide bonds. The molecule has 17 heavy (non-hydrogen) atoms. The molecule has 0 aromatic heterocycles. The van der Waals surface area contributed by atoms with Crippen molar-refractivity contribution >= 4 is 35.6 Å². The van der Waals surface area contributed by atoms with Crippen LogP contribution in [-0.4, -0.2) is 11.9 Å². The maximum absolute atomic E-state index is 11.6. The fraction of sp³-hybridized carbons (Fsp3) is 0.417. The Balaban J connectivity index is 0.00000256. The Morgan fingerprint density at radius 3 is 2.71 bits per heavy atom. The number of hydrogen-bond acceptors (Lipinski definition) is 2. The highest BCUT2D eigenvalue weighted by Gasteiger charge is 2.12. The van der Waals surface area contributed by atoms with Crippen LogP contribution in [0.4, 0.5) is 5.69 Å². The summed E-state index contributed by atoms with van der Waals surface area (Å²) in [6, 6.07) is 4.96. The molecule has 0 fully saturated rings. The van der Waals surface area contributed by atoms with Gasteiger partial charge in [-0.3, -0.25) is 4.79 Å². The van der Waals surface area contributed by atoms with Crippen LogP contribution >= 0.6 is 24.0 Å². The summed E-state index contributed by atoms with van der Waals surface area (Å²) in [4.78, 5) is 11.6. The minimum absolute atomic E-state index is 0. The van der Waals surface area contributed by atoms with Gasteiger partial charge >= 0.3 is 0 Å². The first-order chi connectivity index (χ1) is 7.54. The van der Waals surface area contributed by atoms with Crippen LogP contribution in [0, 0.1) is 6.92 Å². The Labute approximate surface area is 113 Å². The summed E-state index contributed by atoms with van der Waals surface area (Å²) in [6.45, 7) is 3.91. The molecule has 96 valence electrons. The molecule has 3 nitrogen and oxygen atoms in total. The van der Waals surface area contributed by atoms with Gasteiger partial charge in [0.15, 0.2) is 0 Å². The Morgan fingerprint density at radius 2 is 2.18 bits per heavy atom. The monoisotopic (exact) mass is 276 g/mol. The first-order valence-electron chi connectivity index (χ1n) is 5.37. The second kappa shape index (κ2) is 7.54. The van der Waals surface area contributed by atoms with Crippen molar-refractivity contribution in [3.63, 3.8) is 0 Å². The zero-order chi connectivity index (χ0) is 12.1. The molecular formula is C12H18Cl2N2O. The second-order valence-electron chi connectivity index (χ2n) is 3.85. The second-order valence-corrected chi connectivity index (χ2v) is 4.26. The largest absolute Gasteiger partial charge is 0.325 e. The van der Waals surface area contributed by atoms with Crippen molar-refractivity contribution in [2.45, 2.75) is 32.7 Å². The van der Waals surface area contributed by atoms with Crippen LogP contribution in [0.25, 0.3) is 0 Å². The molecule has 1 rings (SSSR count). The van der Waals surface area contributed by atoms with E-state index in [4.69, 9.17) is 17.3 Å². The summed E-state index contributed by atoms with van der Waals surface area (Å²) in [5.41, 5.74) is 7.37. The van der Waals surface area contributed by atoms with Gasteiger partial charge in [0.25, 0.3) is 0 Å². The quantitative estimate of drug-likeness (QED) is 0.888. The van der Waals surface area contributed by atoms with Crippen molar-refractivity contribution in [1.82, 2.24) is 0 Å². The van der Waals surface area contributed by atoms with E-state index in [0.29, 0.717) is 17.1 Å². The van der Waals surface area contributed by atoms with Gasteiger partial charge in [-0.1, -0.05) is 31.0 Å². The molecule has 1 aromatic carbocycles. The van der Waals surface area contributed by atoms with Crippen LogP contribution < -0.4 is 11.1 Å². The third-order valence-electron chi connectivity index (χ3n) is 2.38. The molecule has 0 saturated heterocycles. The molecule has 1 atom stereocenters. The van der Waals surface area contributed by atoms with Crippen LogP contribution in [-0.2, 0) is 4.79 Å². The minimum Gasteiger partial charge on any atom is -0.325 e. The van der Waals surface area contributed by atoms with Crippen LogP contribution in [0.3, 0.4) is 0 Å². The van der Waals surface area contributed by atoms with Gasteiger partial charge in [-0.05, 0) is 31.0 Å². The number of aryl methyl sites for hydroxylation is 1. The summed E-state index contributed by atoms with van der Waals surface area (Å²) in [5, 5.41) is 3.39. The molecular weight excluding hydrogens is 259 g/mol. The topological polar surface area (TPSA) is 55.1 Å². The molecule has 1 unspecified atom stereocenters. The normalized spacial score (nSPS) is 11.5. The van der Waals surface area contributed by atoms with Gasteiger partial charge in [-0.15, -0.1) is 12.4 Å². The lowest BCUT2D eigenvalue weighted by molar-refractivity contribution is -0.117. The lowest BCUT2D eigenvalue weighted by atomic mass is 10.1.